The molecule has 0 radical (unpaired) electrons. The van der Waals surface area contributed by atoms with Crippen LogP contribution in [0, 0.1) is 5.92 Å². The molecule has 1 fully saturated rings. The predicted octanol–water partition coefficient (Wildman–Crippen LogP) is 1.62. The zero-order chi connectivity index (χ0) is 14.7. The van der Waals surface area contributed by atoms with Gasteiger partial charge in [0.2, 0.25) is 5.91 Å². The number of hydrogen-bond acceptors (Lipinski definition) is 2. The highest BCUT2D eigenvalue weighted by Gasteiger charge is 2.40. The molecule has 0 saturated carbocycles. The van der Waals surface area contributed by atoms with Crippen molar-refractivity contribution in [3.8, 4) is 0 Å². The highest BCUT2D eigenvalue weighted by Crippen LogP contribution is 2.44. The third-order valence-electron chi connectivity index (χ3n) is 5.43. The number of fused-ring (bicyclic) bond motifs is 2. The maximum Gasteiger partial charge on any atom is 0.221 e. The van der Waals surface area contributed by atoms with Gasteiger partial charge in [0, 0.05) is 42.7 Å². The summed E-state index contributed by atoms with van der Waals surface area (Å²) in [6, 6.07) is 7.04. The SMILES string of the molecule is CN1C[C@H](C(N)=O)C[C@H]2c3cccc4c3c(cn4C)C[C@H]21. The van der Waals surface area contributed by atoms with Gasteiger partial charge in [-0.3, -0.25) is 4.79 Å². The molecular formula is C17H21N3O. The van der Waals surface area contributed by atoms with Crippen LogP contribution in [0.2, 0.25) is 0 Å². The number of primary amides is 1. The number of rotatable bonds is 1. The lowest BCUT2D eigenvalue weighted by atomic mass is 9.72. The van der Waals surface area contributed by atoms with Crippen LogP contribution in [0.15, 0.2) is 24.4 Å². The molecule has 1 amide bonds. The number of likely N-dealkylation sites (tertiary alicyclic amines) is 1. The first-order chi connectivity index (χ1) is 10.1. The highest BCUT2D eigenvalue weighted by molar-refractivity contribution is 5.89. The average Bonchev–Trinajstić information content (AvgIpc) is 2.78. The molecule has 1 saturated heterocycles. The first-order valence-electron chi connectivity index (χ1n) is 7.62. The first-order valence-corrected chi connectivity index (χ1v) is 7.62. The maximum atomic E-state index is 11.7. The van der Waals surface area contributed by atoms with Gasteiger partial charge in [0.05, 0.1) is 5.92 Å². The van der Waals surface area contributed by atoms with Gasteiger partial charge in [-0.1, -0.05) is 12.1 Å². The van der Waals surface area contributed by atoms with Gasteiger partial charge in [0.15, 0.2) is 0 Å². The number of aromatic nitrogens is 1. The van der Waals surface area contributed by atoms with E-state index in [9.17, 15) is 4.79 Å². The van der Waals surface area contributed by atoms with Crippen LogP contribution in [0.1, 0.15) is 23.5 Å². The van der Waals surface area contributed by atoms with Gasteiger partial charge in [0.25, 0.3) is 0 Å². The number of piperidine rings is 1. The van der Waals surface area contributed by atoms with E-state index in [1.807, 2.05) is 0 Å². The minimum Gasteiger partial charge on any atom is -0.369 e. The Morgan fingerprint density at radius 2 is 2.14 bits per heavy atom. The summed E-state index contributed by atoms with van der Waals surface area (Å²) < 4.78 is 2.22. The van der Waals surface area contributed by atoms with Crippen LogP contribution in [-0.4, -0.2) is 35.0 Å². The molecule has 4 heteroatoms. The van der Waals surface area contributed by atoms with Crippen LogP contribution in [0.25, 0.3) is 10.9 Å². The predicted molar refractivity (Wildman–Crippen MR) is 83.1 cm³/mol. The van der Waals surface area contributed by atoms with Gasteiger partial charge in [0.1, 0.15) is 0 Å². The molecule has 110 valence electrons. The topological polar surface area (TPSA) is 51.3 Å². The molecule has 1 aliphatic carbocycles. The van der Waals surface area contributed by atoms with E-state index < -0.39 is 0 Å². The first kappa shape index (κ1) is 12.9. The largest absolute Gasteiger partial charge is 0.369 e. The molecule has 1 aromatic carbocycles. The van der Waals surface area contributed by atoms with Crippen LogP contribution < -0.4 is 5.73 Å². The van der Waals surface area contributed by atoms with E-state index in [2.05, 4.69) is 48.0 Å². The maximum absolute atomic E-state index is 11.7. The van der Waals surface area contributed by atoms with E-state index in [1.54, 1.807) is 0 Å². The summed E-state index contributed by atoms with van der Waals surface area (Å²) >= 11 is 0. The summed E-state index contributed by atoms with van der Waals surface area (Å²) in [6.45, 7) is 0.786. The Kier molecular flexibility index (Phi) is 2.67. The standard InChI is InChI=1S/C17H21N3O/c1-19-8-10-7-15-13(6-11(17(18)21)9-20(15)2)12-4-3-5-14(19)16(10)12/h3-5,8,11,13,15H,6-7,9H2,1-2H3,(H2,18,21)/t11-,13+,15-/m1/s1. The monoisotopic (exact) mass is 283 g/mol. The third kappa shape index (κ3) is 1.75. The molecule has 3 atom stereocenters. The van der Waals surface area contributed by atoms with Crippen molar-refractivity contribution >= 4 is 16.8 Å². The number of nitrogens with zero attached hydrogens (tertiary/aromatic N) is 2. The Morgan fingerprint density at radius 3 is 2.90 bits per heavy atom. The molecule has 2 N–H and O–H groups in total. The summed E-state index contributed by atoms with van der Waals surface area (Å²) in [6.07, 6.45) is 4.22. The van der Waals surface area contributed by atoms with Crippen molar-refractivity contribution in [1.29, 1.82) is 0 Å². The van der Waals surface area contributed by atoms with Crippen molar-refractivity contribution in [3.05, 3.63) is 35.5 Å². The molecule has 0 bridgehead atoms. The highest BCUT2D eigenvalue weighted by atomic mass is 16.1. The van der Waals surface area contributed by atoms with Crippen LogP contribution in [0.5, 0.6) is 0 Å². The van der Waals surface area contributed by atoms with E-state index in [1.165, 1.54) is 22.0 Å². The zero-order valence-corrected chi connectivity index (χ0v) is 12.5. The lowest BCUT2D eigenvalue weighted by molar-refractivity contribution is -0.124. The van der Waals surface area contributed by atoms with Gasteiger partial charge < -0.3 is 15.2 Å². The lowest BCUT2D eigenvalue weighted by Gasteiger charge is -2.44. The number of amides is 1. The molecule has 0 spiro atoms. The number of hydrogen-bond donors (Lipinski definition) is 1. The zero-order valence-electron chi connectivity index (χ0n) is 12.5. The Labute approximate surface area is 124 Å². The van der Waals surface area contributed by atoms with Crippen LogP contribution in [-0.2, 0) is 18.3 Å². The summed E-state index contributed by atoms with van der Waals surface area (Å²) in [5, 5.41) is 1.40. The van der Waals surface area contributed by atoms with E-state index in [4.69, 9.17) is 5.73 Å². The Hall–Kier alpha value is -1.81. The van der Waals surface area contributed by atoms with Crippen LogP contribution in [0.3, 0.4) is 0 Å². The van der Waals surface area contributed by atoms with Crippen molar-refractivity contribution in [3.63, 3.8) is 0 Å². The number of carbonyl (C=O) groups is 1. The van der Waals surface area contributed by atoms with Crippen LogP contribution >= 0.6 is 0 Å². The van der Waals surface area contributed by atoms with Crippen molar-refractivity contribution in [2.45, 2.75) is 24.8 Å². The molecule has 2 aliphatic rings. The summed E-state index contributed by atoms with van der Waals surface area (Å²) in [4.78, 5) is 14.0. The fourth-order valence-electron chi connectivity index (χ4n) is 4.43. The summed E-state index contributed by atoms with van der Waals surface area (Å²) in [5.41, 5.74) is 9.71. The fourth-order valence-corrected chi connectivity index (χ4v) is 4.43. The minimum atomic E-state index is -0.161. The molecule has 21 heavy (non-hydrogen) atoms. The number of aryl methyl sites for hydroxylation is 1. The molecule has 0 unspecified atom stereocenters. The van der Waals surface area contributed by atoms with Gasteiger partial charge >= 0.3 is 0 Å². The number of carbonyl (C=O) groups excluding carboxylic acids is 1. The third-order valence-corrected chi connectivity index (χ3v) is 5.43. The van der Waals surface area contributed by atoms with Gasteiger partial charge in [-0.15, -0.1) is 0 Å². The van der Waals surface area contributed by atoms with Crippen molar-refractivity contribution in [2.24, 2.45) is 18.7 Å². The molecular weight excluding hydrogens is 262 g/mol. The van der Waals surface area contributed by atoms with E-state index in [0.717, 1.165) is 19.4 Å². The number of likely N-dealkylation sites (N-methyl/N-ethyl adjacent to an activating group) is 1. The second-order valence-electron chi connectivity index (χ2n) is 6.66. The van der Waals surface area contributed by atoms with Gasteiger partial charge in [-0.2, -0.15) is 0 Å². The normalized spacial score (nSPS) is 28.6. The fraction of sp³-hybridized carbons (Fsp3) is 0.471. The number of nitrogens with two attached hydrogens (primary N) is 1. The second-order valence-corrected chi connectivity index (χ2v) is 6.66. The summed E-state index contributed by atoms with van der Waals surface area (Å²) in [7, 11) is 4.24. The van der Waals surface area contributed by atoms with Gasteiger partial charge in [-0.05, 0) is 37.1 Å². The summed E-state index contributed by atoms with van der Waals surface area (Å²) in [5.74, 6) is 0.225. The number of benzene rings is 1. The second kappa shape index (κ2) is 4.34. The van der Waals surface area contributed by atoms with Crippen LogP contribution in [0.4, 0.5) is 0 Å². The molecule has 2 heterocycles. The quantitative estimate of drug-likeness (QED) is 0.864. The Bertz CT molecular complexity index is 733. The Morgan fingerprint density at radius 1 is 1.33 bits per heavy atom. The molecule has 1 aliphatic heterocycles. The van der Waals surface area contributed by atoms with Crippen molar-refractivity contribution in [1.82, 2.24) is 9.47 Å². The minimum absolute atomic E-state index is 0.0308. The average molecular weight is 283 g/mol. The molecule has 2 aromatic rings. The van der Waals surface area contributed by atoms with E-state index >= 15 is 0 Å². The molecule has 1 aromatic heterocycles. The van der Waals surface area contributed by atoms with E-state index in [-0.39, 0.29) is 11.8 Å². The molecule has 4 rings (SSSR count). The lowest BCUT2D eigenvalue weighted by Crippen LogP contribution is -2.50. The van der Waals surface area contributed by atoms with Gasteiger partial charge in [-0.25, -0.2) is 0 Å². The Balaban J connectivity index is 1.87. The van der Waals surface area contributed by atoms with E-state index in [0.29, 0.717) is 12.0 Å². The van der Waals surface area contributed by atoms with Crippen molar-refractivity contribution < 1.29 is 4.79 Å². The molecule has 4 nitrogen and oxygen atoms in total. The van der Waals surface area contributed by atoms with Crippen molar-refractivity contribution in [2.75, 3.05) is 13.6 Å². The smallest absolute Gasteiger partial charge is 0.221 e.